The summed E-state index contributed by atoms with van der Waals surface area (Å²) in [5, 5.41) is 32.3. The number of amides is 2. The minimum atomic E-state index is -1.84. The van der Waals surface area contributed by atoms with Gasteiger partial charge in [-0.1, -0.05) is 47.6 Å². The lowest BCUT2D eigenvalue weighted by Crippen LogP contribution is -2.44. The second kappa shape index (κ2) is 15.6. The van der Waals surface area contributed by atoms with Crippen molar-refractivity contribution in [3.05, 3.63) is 101 Å². The number of allylic oxidation sites excluding steroid dienone is 4. The van der Waals surface area contributed by atoms with Gasteiger partial charge in [-0.3, -0.25) is 14.3 Å². The Morgan fingerprint density at radius 2 is 1.87 bits per heavy atom. The Balaban J connectivity index is 1.57. The van der Waals surface area contributed by atoms with Gasteiger partial charge < -0.3 is 25.2 Å². The van der Waals surface area contributed by atoms with Crippen LogP contribution >= 0.6 is 0 Å². The van der Waals surface area contributed by atoms with E-state index in [1.54, 1.807) is 65.4 Å². The summed E-state index contributed by atoms with van der Waals surface area (Å²) in [5.74, 6) is -0.643. The smallest absolute Gasteiger partial charge is 0.264 e. The third-order valence-electron chi connectivity index (χ3n) is 8.16. The van der Waals surface area contributed by atoms with Crippen LogP contribution in [0.2, 0.25) is 0 Å². The molecule has 46 heavy (non-hydrogen) atoms. The van der Waals surface area contributed by atoms with Gasteiger partial charge >= 0.3 is 0 Å². The summed E-state index contributed by atoms with van der Waals surface area (Å²) in [7, 11) is 1.57. The molecule has 0 spiro atoms. The minimum Gasteiger partial charge on any atom is -0.497 e. The minimum absolute atomic E-state index is 0.0132. The number of aliphatic hydroxyl groups excluding tert-OH is 1. The zero-order valence-electron chi connectivity index (χ0n) is 27.4. The third-order valence-corrected chi connectivity index (χ3v) is 8.16. The maximum Gasteiger partial charge on any atom is 0.264 e. The van der Waals surface area contributed by atoms with Gasteiger partial charge in [-0.2, -0.15) is 0 Å². The average Bonchev–Trinajstić information content (AvgIpc) is 3.58. The number of fused-ring (bicyclic) bond motifs is 1. The van der Waals surface area contributed by atoms with Crippen LogP contribution in [0.25, 0.3) is 0 Å². The van der Waals surface area contributed by atoms with Crippen molar-refractivity contribution in [1.82, 2.24) is 15.0 Å². The predicted molar refractivity (Wildman–Crippen MR) is 180 cm³/mol. The zero-order chi connectivity index (χ0) is 33.3. The van der Waals surface area contributed by atoms with Crippen molar-refractivity contribution in [2.75, 3.05) is 30.5 Å². The van der Waals surface area contributed by atoms with E-state index in [0.717, 1.165) is 24.1 Å². The maximum absolute atomic E-state index is 14.0. The second-order valence-electron chi connectivity index (χ2n) is 11.9. The molecular formula is C36H45N5O5. The molecule has 0 radical (unpaired) electrons. The lowest BCUT2D eigenvalue weighted by atomic mass is 9.82. The van der Waals surface area contributed by atoms with E-state index in [2.05, 4.69) is 42.5 Å². The van der Waals surface area contributed by atoms with E-state index in [1.807, 2.05) is 25.2 Å². The molecule has 0 saturated heterocycles. The molecule has 244 valence electrons. The van der Waals surface area contributed by atoms with Crippen LogP contribution in [0.1, 0.15) is 68.6 Å². The van der Waals surface area contributed by atoms with Crippen molar-refractivity contribution in [2.24, 2.45) is 5.92 Å². The quantitative estimate of drug-likeness (QED) is 0.188. The van der Waals surface area contributed by atoms with Crippen LogP contribution in [-0.2, 0) is 23.4 Å². The molecule has 0 aliphatic carbocycles. The number of hydrogen-bond donors (Lipinski definition) is 3. The zero-order valence-corrected chi connectivity index (χ0v) is 27.4. The van der Waals surface area contributed by atoms with Crippen molar-refractivity contribution in [1.29, 1.82) is 0 Å². The van der Waals surface area contributed by atoms with Crippen LogP contribution in [0.15, 0.2) is 84.1 Å². The number of benzene rings is 2. The van der Waals surface area contributed by atoms with Crippen LogP contribution in [-0.4, -0.2) is 57.3 Å². The maximum atomic E-state index is 14.0. The number of methoxy groups -OCH3 is 1. The second-order valence-corrected chi connectivity index (χ2v) is 11.9. The molecule has 1 aliphatic heterocycles. The highest BCUT2D eigenvalue weighted by atomic mass is 16.5. The first kappa shape index (κ1) is 34.3. The van der Waals surface area contributed by atoms with Crippen molar-refractivity contribution >= 4 is 23.2 Å². The molecule has 2 amide bonds. The molecule has 10 heteroatoms. The number of hydrogen-bond acceptors (Lipinski definition) is 7. The van der Waals surface area contributed by atoms with Crippen LogP contribution in [0.3, 0.4) is 0 Å². The molecule has 2 heterocycles. The first-order valence-corrected chi connectivity index (χ1v) is 15.7. The molecular weight excluding hydrogens is 582 g/mol. The van der Waals surface area contributed by atoms with Crippen LogP contribution in [0.5, 0.6) is 5.75 Å². The summed E-state index contributed by atoms with van der Waals surface area (Å²) >= 11 is 0. The van der Waals surface area contributed by atoms with Gasteiger partial charge in [-0.15, -0.1) is 5.10 Å². The normalized spacial score (nSPS) is 16.9. The largest absolute Gasteiger partial charge is 0.497 e. The van der Waals surface area contributed by atoms with E-state index < -0.39 is 17.4 Å². The molecule has 3 N–H and O–H groups in total. The van der Waals surface area contributed by atoms with Crippen molar-refractivity contribution in [3.8, 4) is 5.75 Å². The number of anilines is 2. The van der Waals surface area contributed by atoms with Crippen LogP contribution < -0.4 is 15.0 Å². The van der Waals surface area contributed by atoms with Gasteiger partial charge in [0.05, 0.1) is 18.5 Å². The van der Waals surface area contributed by atoms with Crippen molar-refractivity contribution in [2.45, 2.75) is 65.5 Å². The number of aliphatic hydroxyl groups is 2. The molecule has 2 atom stereocenters. The summed E-state index contributed by atoms with van der Waals surface area (Å²) in [6, 6.07) is 12.0. The predicted octanol–water partition coefficient (Wildman–Crippen LogP) is 5.58. The topological polar surface area (TPSA) is 130 Å². The molecule has 10 nitrogen and oxygen atoms in total. The highest BCUT2D eigenvalue weighted by Crippen LogP contribution is 2.46. The Morgan fingerprint density at radius 1 is 1.11 bits per heavy atom. The van der Waals surface area contributed by atoms with E-state index in [4.69, 9.17) is 9.84 Å². The Morgan fingerprint density at radius 3 is 2.57 bits per heavy atom. The molecule has 4 rings (SSSR count). The lowest BCUT2D eigenvalue weighted by molar-refractivity contribution is -0.139. The summed E-state index contributed by atoms with van der Waals surface area (Å²) in [5.41, 5.74) is 3.30. The molecule has 0 bridgehead atoms. The number of carbonyl (C=O) groups excluding carboxylic acids is 2. The molecule has 3 aromatic rings. The van der Waals surface area contributed by atoms with E-state index in [1.165, 1.54) is 5.57 Å². The highest BCUT2D eigenvalue weighted by Gasteiger charge is 2.52. The van der Waals surface area contributed by atoms with E-state index in [0.29, 0.717) is 54.2 Å². The Hall–Kier alpha value is -4.54. The highest BCUT2D eigenvalue weighted by molar-refractivity contribution is 6.09. The summed E-state index contributed by atoms with van der Waals surface area (Å²) in [6.07, 6.45) is 12.7. The molecule has 0 fully saturated rings. The third kappa shape index (κ3) is 8.18. The van der Waals surface area contributed by atoms with Gasteiger partial charge in [-0.05, 0) is 82.5 Å². The Bertz CT molecular complexity index is 1600. The number of ether oxygens (including phenoxy) is 1. The monoisotopic (exact) mass is 627 g/mol. The number of nitrogens with one attached hydrogen (secondary N) is 1. The summed E-state index contributed by atoms with van der Waals surface area (Å²) in [4.78, 5) is 28.7. The fourth-order valence-electron chi connectivity index (χ4n) is 5.41. The molecule has 1 aromatic heterocycles. The number of rotatable bonds is 15. The van der Waals surface area contributed by atoms with Gasteiger partial charge in [-0.25, -0.2) is 0 Å². The van der Waals surface area contributed by atoms with E-state index in [-0.39, 0.29) is 12.5 Å². The van der Waals surface area contributed by atoms with E-state index >= 15 is 0 Å². The first-order valence-electron chi connectivity index (χ1n) is 15.7. The van der Waals surface area contributed by atoms with Gasteiger partial charge in [0, 0.05) is 55.0 Å². The molecule has 1 aliphatic rings. The lowest BCUT2D eigenvalue weighted by Gasteiger charge is -2.27. The average molecular weight is 628 g/mol. The van der Waals surface area contributed by atoms with Crippen molar-refractivity contribution in [3.63, 3.8) is 0 Å². The number of carbonyl (C=O) groups is 2. The molecule has 0 unspecified atom stereocenters. The van der Waals surface area contributed by atoms with Gasteiger partial charge in [0.15, 0.2) is 5.60 Å². The fraction of sp³-hybridized carbons (Fsp3) is 0.389. The first-order chi connectivity index (χ1) is 22.1. The SMILES string of the molecule is COc1ccc(C(=O)Nc2ccc3c(c2)[C@@](O)([C@H](C)/C=C/CCn2cc(CCO)nn2)C(=O)N3C/C=C(\C)CCC=C(C)C)cc1. The number of aryl methyl sites for hydroxylation is 1. The Kier molecular flexibility index (Phi) is 11.7. The van der Waals surface area contributed by atoms with Crippen LogP contribution in [0.4, 0.5) is 11.4 Å². The Labute approximate surface area is 271 Å². The summed E-state index contributed by atoms with van der Waals surface area (Å²) in [6.45, 7) is 8.93. The molecule has 2 aromatic carbocycles. The fourth-order valence-corrected chi connectivity index (χ4v) is 5.41. The number of nitrogens with zero attached hydrogens (tertiary/aromatic N) is 4. The molecule has 0 saturated carbocycles. The standard InChI is InChI=1S/C36H45N5O5/c1-25(2)9-8-10-26(3)18-21-41-33-17-14-29(37-34(43)28-12-15-31(46-5)16-13-28)23-32(33)36(45,35(41)44)27(4)11-6-7-20-40-24-30(19-22-42)38-39-40/h6,9,11-18,23-24,27,42,45H,7-8,10,19-22H2,1-5H3,(H,37,43)/b11-6+,26-18+/t27-,36+/m1/s1. The van der Waals surface area contributed by atoms with Gasteiger partial charge in [0.25, 0.3) is 11.8 Å². The van der Waals surface area contributed by atoms with Gasteiger partial charge in [0.2, 0.25) is 0 Å². The number of aromatic nitrogens is 3. The van der Waals surface area contributed by atoms with Crippen LogP contribution in [0, 0.1) is 5.92 Å². The summed E-state index contributed by atoms with van der Waals surface area (Å²) < 4.78 is 6.89. The van der Waals surface area contributed by atoms with Gasteiger partial charge in [0.1, 0.15) is 5.75 Å². The van der Waals surface area contributed by atoms with E-state index in [9.17, 15) is 14.7 Å². The van der Waals surface area contributed by atoms with Crippen molar-refractivity contribution < 1.29 is 24.5 Å².